The molecule has 4 rings (SSSR count). The topological polar surface area (TPSA) is 53.4 Å². The van der Waals surface area contributed by atoms with Crippen LogP contribution in [0, 0.1) is 0 Å². The van der Waals surface area contributed by atoms with Gasteiger partial charge < -0.3 is 10.2 Å². The minimum absolute atomic E-state index is 0.0175. The summed E-state index contributed by atoms with van der Waals surface area (Å²) in [5.74, 6) is -0.0175. The molecule has 1 fully saturated rings. The summed E-state index contributed by atoms with van der Waals surface area (Å²) >= 11 is 6.76. The highest BCUT2D eigenvalue weighted by Gasteiger charge is 2.22. The minimum Gasteiger partial charge on any atom is -0.364 e. The van der Waals surface area contributed by atoms with Gasteiger partial charge in [-0.3, -0.25) is 14.4 Å². The van der Waals surface area contributed by atoms with Crippen LogP contribution < -0.4 is 5.32 Å². The normalized spacial score (nSPS) is 16.0. The zero-order valence-corrected chi connectivity index (χ0v) is 19.2. The summed E-state index contributed by atoms with van der Waals surface area (Å²) in [5.41, 5.74) is 1.98. The van der Waals surface area contributed by atoms with Gasteiger partial charge in [-0.15, -0.1) is 11.3 Å². The molecule has 1 aliphatic heterocycles. The number of hydrogen-bond acceptors (Lipinski definition) is 5. The number of nitrogens with one attached hydrogen (secondary N) is 1. The Morgan fingerprint density at radius 3 is 2.60 bits per heavy atom. The van der Waals surface area contributed by atoms with Crippen LogP contribution in [-0.2, 0) is 7.05 Å². The largest absolute Gasteiger partial charge is 0.364 e. The van der Waals surface area contributed by atoms with Gasteiger partial charge in [-0.25, -0.2) is 0 Å². The van der Waals surface area contributed by atoms with Gasteiger partial charge in [-0.05, 0) is 19.9 Å². The van der Waals surface area contributed by atoms with Crippen LogP contribution in [0.3, 0.4) is 0 Å². The third-order valence-corrected chi connectivity index (χ3v) is 6.97. The van der Waals surface area contributed by atoms with Crippen LogP contribution in [0.2, 0.25) is 0 Å². The number of aryl methyl sites for hydroxylation is 1. The van der Waals surface area contributed by atoms with Crippen molar-refractivity contribution >= 4 is 44.7 Å². The van der Waals surface area contributed by atoms with E-state index in [4.69, 9.17) is 12.2 Å². The van der Waals surface area contributed by atoms with Crippen LogP contribution >= 0.6 is 23.6 Å². The molecule has 0 aliphatic carbocycles. The maximum absolute atomic E-state index is 12.9. The van der Waals surface area contributed by atoms with Gasteiger partial charge in [0.2, 0.25) is 0 Å². The maximum Gasteiger partial charge on any atom is 0.261 e. The number of rotatable bonds is 5. The third-order valence-electron chi connectivity index (χ3n) is 5.51. The zero-order valence-electron chi connectivity index (χ0n) is 17.6. The van der Waals surface area contributed by atoms with Crippen LogP contribution in [0.1, 0.15) is 23.5 Å². The van der Waals surface area contributed by atoms with Gasteiger partial charge in [-0.1, -0.05) is 42.5 Å². The van der Waals surface area contributed by atoms with Crippen molar-refractivity contribution in [3.05, 3.63) is 41.3 Å². The monoisotopic (exact) mass is 441 g/mol. The zero-order chi connectivity index (χ0) is 21.3. The van der Waals surface area contributed by atoms with Crippen molar-refractivity contribution in [2.45, 2.75) is 19.9 Å². The van der Waals surface area contributed by atoms with E-state index in [9.17, 15) is 4.79 Å². The van der Waals surface area contributed by atoms with E-state index in [-0.39, 0.29) is 11.9 Å². The lowest BCUT2D eigenvalue weighted by Gasteiger charge is -2.36. The van der Waals surface area contributed by atoms with Crippen LogP contribution in [0.4, 0.5) is 0 Å². The molecule has 0 radical (unpaired) electrons. The second kappa shape index (κ2) is 8.83. The predicted octanol–water partition coefficient (Wildman–Crippen LogP) is 3.39. The summed E-state index contributed by atoms with van der Waals surface area (Å²) in [5, 5.41) is 8.85. The molecule has 30 heavy (non-hydrogen) atoms. The highest BCUT2D eigenvalue weighted by atomic mass is 32.1. The van der Waals surface area contributed by atoms with Crippen molar-refractivity contribution in [2.24, 2.45) is 7.05 Å². The average molecular weight is 442 g/mol. The molecule has 1 aliphatic rings. The molecule has 1 aromatic carbocycles. The fourth-order valence-electron chi connectivity index (χ4n) is 3.94. The highest BCUT2D eigenvalue weighted by Crippen LogP contribution is 2.33. The first-order valence-corrected chi connectivity index (χ1v) is 11.5. The fourth-order valence-corrected chi connectivity index (χ4v) is 5.09. The van der Waals surface area contributed by atoms with E-state index in [0.29, 0.717) is 0 Å². The molecule has 1 atom stereocenters. The van der Waals surface area contributed by atoms with Crippen molar-refractivity contribution in [1.82, 2.24) is 24.9 Å². The molecule has 1 amide bonds. The molecule has 1 N–H and O–H groups in total. The summed E-state index contributed by atoms with van der Waals surface area (Å²) in [6, 6.07) is 12.1. The van der Waals surface area contributed by atoms with E-state index in [0.717, 1.165) is 64.1 Å². The standard InChI is InChI=1S/C22H27N5OS2/c1-15(14-26-9-11-27(12-10-26)16(2)29)23-21(28)19-13-18-20(17-7-5-4-6-8-17)24-25(3)22(18)30-19/h4-8,13,15H,9-12,14H2,1-3H3,(H,23,28)/t15-/m1/s1. The van der Waals surface area contributed by atoms with Crippen molar-refractivity contribution in [1.29, 1.82) is 0 Å². The number of thiophene rings is 1. The number of carbonyl (C=O) groups excluding carboxylic acids is 1. The molecule has 8 heteroatoms. The summed E-state index contributed by atoms with van der Waals surface area (Å²) in [6.07, 6.45) is 0. The van der Waals surface area contributed by atoms with Gasteiger partial charge in [0.25, 0.3) is 5.91 Å². The Morgan fingerprint density at radius 1 is 1.23 bits per heavy atom. The van der Waals surface area contributed by atoms with Crippen LogP contribution in [0.5, 0.6) is 0 Å². The Bertz CT molecular complexity index is 1050. The van der Waals surface area contributed by atoms with Crippen molar-refractivity contribution < 1.29 is 4.79 Å². The summed E-state index contributed by atoms with van der Waals surface area (Å²) in [4.78, 5) is 20.2. The Kier molecular flexibility index (Phi) is 6.17. The summed E-state index contributed by atoms with van der Waals surface area (Å²) < 4.78 is 1.86. The molecule has 0 saturated carbocycles. The number of thiocarbonyl (C=S) groups is 1. The number of hydrogen-bond donors (Lipinski definition) is 1. The van der Waals surface area contributed by atoms with Gasteiger partial charge in [0, 0.05) is 56.8 Å². The Labute approximate surface area is 186 Å². The molecular weight excluding hydrogens is 414 g/mol. The first kappa shape index (κ1) is 21.0. The molecule has 6 nitrogen and oxygen atoms in total. The van der Waals surface area contributed by atoms with Gasteiger partial charge >= 0.3 is 0 Å². The molecular formula is C22H27N5OS2. The van der Waals surface area contributed by atoms with Gasteiger partial charge in [0.1, 0.15) is 10.5 Å². The quantitative estimate of drug-likeness (QED) is 0.615. The number of fused-ring (bicyclic) bond motifs is 1. The van der Waals surface area contributed by atoms with E-state index in [1.165, 1.54) is 11.3 Å². The van der Waals surface area contributed by atoms with E-state index in [2.05, 4.69) is 27.1 Å². The number of piperazine rings is 1. The minimum atomic E-state index is -0.0175. The van der Waals surface area contributed by atoms with Gasteiger partial charge in [-0.2, -0.15) is 5.10 Å². The second-order valence-corrected chi connectivity index (χ2v) is 9.47. The van der Waals surface area contributed by atoms with Crippen molar-refractivity contribution in [2.75, 3.05) is 32.7 Å². The first-order chi connectivity index (χ1) is 14.4. The highest BCUT2D eigenvalue weighted by molar-refractivity contribution is 7.80. The predicted molar refractivity (Wildman–Crippen MR) is 127 cm³/mol. The summed E-state index contributed by atoms with van der Waals surface area (Å²) in [7, 11) is 1.93. The molecule has 3 heterocycles. The smallest absolute Gasteiger partial charge is 0.261 e. The van der Waals surface area contributed by atoms with E-state index >= 15 is 0 Å². The van der Waals surface area contributed by atoms with Crippen LogP contribution in [0.25, 0.3) is 21.5 Å². The number of carbonyl (C=O) groups is 1. The third kappa shape index (κ3) is 4.40. The van der Waals surface area contributed by atoms with Crippen molar-refractivity contribution in [3.63, 3.8) is 0 Å². The average Bonchev–Trinajstić information content (AvgIpc) is 3.30. The molecule has 0 bridgehead atoms. The van der Waals surface area contributed by atoms with Crippen LogP contribution in [0.15, 0.2) is 36.4 Å². The maximum atomic E-state index is 12.9. The van der Waals surface area contributed by atoms with E-state index in [1.807, 2.05) is 55.1 Å². The number of aromatic nitrogens is 2. The number of benzene rings is 1. The Morgan fingerprint density at radius 2 is 1.93 bits per heavy atom. The number of nitrogens with zero attached hydrogens (tertiary/aromatic N) is 4. The molecule has 1 saturated heterocycles. The van der Waals surface area contributed by atoms with E-state index in [1.54, 1.807) is 0 Å². The second-order valence-electron chi connectivity index (χ2n) is 7.85. The van der Waals surface area contributed by atoms with Crippen molar-refractivity contribution in [3.8, 4) is 11.3 Å². The molecule has 3 aromatic rings. The van der Waals surface area contributed by atoms with Gasteiger partial charge in [0.05, 0.1) is 9.87 Å². The lowest BCUT2D eigenvalue weighted by Crippen LogP contribution is -2.51. The fraction of sp³-hybridized carbons (Fsp3) is 0.409. The lowest BCUT2D eigenvalue weighted by atomic mass is 10.1. The Balaban J connectivity index is 1.42. The molecule has 0 unspecified atom stereocenters. The molecule has 0 spiro atoms. The SMILES string of the molecule is CC(=S)N1CCN(C[C@@H](C)NC(=O)c2cc3c(-c4ccccc4)nn(C)c3s2)CC1. The van der Waals surface area contributed by atoms with E-state index < -0.39 is 0 Å². The van der Waals surface area contributed by atoms with Gasteiger partial charge in [0.15, 0.2) is 0 Å². The number of amides is 1. The first-order valence-electron chi connectivity index (χ1n) is 10.2. The lowest BCUT2D eigenvalue weighted by molar-refractivity contribution is 0.0925. The Hall–Kier alpha value is -2.29. The summed E-state index contributed by atoms with van der Waals surface area (Å²) in [6.45, 7) is 8.77. The molecule has 158 valence electrons. The molecule has 2 aromatic heterocycles. The van der Waals surface area contributed by atoms with Crippen LogP contribution in [-0.4, -0.2) is 69.2 Å².